The molecule has 1 aromatic heterocycles. The van der Waals surface area contributed by atoms with E-state index >= 15 is 0 Å². The second kappa shape index (κ2) is 9.61. The van der Waals surface area contributed by atoms with Gasteiger partial charge in [0.05, 0.1) is 0 Å². The second-order valence-electron chi connectivity index (χ2n) is 4.57. The summed E-state index contributed by atoms with van der Waals surface area (Å²) in [4.78, 5) is 4.04. The Labute approximate surface area is 110 Å². The molecular formula is C15H23N3. The number of nitrogens with zero attached hydrogens (tertiary/aromatic N) is 2. The zero-order valence-electron chi connectivity index (χ0n) is 11.3. The molecule has 1 aromatic rings. The molecule has 0 aliphatic rings. The molecule has 0 aliphatic heterocycles. The smallest absolute Gasteiger partial charge is 0.144 e. The maximum Gasteiger partial charge on any atom is 0.144 e. The lowest BCUT2D eigenvalue weighted by Gasteiger charge is -2.05. The van der Waals surface area contributed by atoms with E-state index in [1.54, 1.807) is 6.20 Å². The molecule has 1 heterocycles. The van der Waals surface area contributed by atoms with Crippen LogP contribution in [-0.4, -0.2) is 11.5 Å². The van der Waals surface area contributed by atoms with Gasteiger partial charge in [0.1, 0.15) is 11.8 Å². The fraction of sp³-hybridized carbons (Fsp3) is 0.600. The van der Waals surface area contributed by atoms with Crippen molar-refractivity contribution < 1.29 is 0 Å². The number of unbranched alkanes of at least 4 members (excludes halogenated alkanes) is 5. The van der Waals surface area contributed by atoms with Gasteiger partial charge in [-0.1, -0.05) is 45.1 Å². The summed E-state index contributed by atoms with van der Waals surface area (Å²) in [5.74, 6) is 0. The van der Waals surface area contributed by atoms with E-state index in [-0.39, 0.29) is 0 Å². The summed E-state index contributed by atoms with van der Waals surface area (Å²) in [6.07, 6.45) is 9.53. The SMILES string of the molecule is CCCCCCCCNCc1cccnc1C#N. The molecule has 0 amide bonds. The molecule has 18 heavy (non-hydrogen) atoms. The number of hydrogen-bond acceptors (Lipinski definition) is 3. The summed E-state index contributed by atoms with van der Waals surface area (Å²) in [6.45, 7) is 4.00. The molecule has 0 fully saturated rings. The van der Waals surface area contributed by atoms with Gasteiger partial charge in [0, 0.05) is 18.3 Å². The monoisotopic (exact) mass is 245 g/mol. The van der Waals surface area contributed by atoms with Gasteiger partial charge < -0.3 is 5.32 Å². The molecule has 98 valence electrons. The Morgan fingerprint density at radius 3 is 2.78 bits per heavy atom. The van der Waals surface area contributed by atoms with E-state index in [0.717, 1.165) is 18.7 Å². The first-order valence-corrected chi connectivity index (χ1v) is 6.93. The molecule has 3 nitrogen and oxygen atoms in total. The van der Waals surface area contributed by atoms with Gasteiger partial charge in [0.25, 0.3) is 0 Å². The quantitative estimate of drug-likeness (QED) is 0.678. The summed E-state index contributed by atoms with van der Waals surface area (Å²) < 4.78 is 0. The molecule has 0 unspecified atom stereocenters. The lowest BCUT2D eigenvalue weighted by molar-refractivity contribution is 0.571. The molecule has 0 aliphatic carbocycles. The highest BCUT2D eigenvalue weighted by Gasteiger charge is 2.00. The predicted octanol–water partition coefficient (Wildman–Crippen LogP) is 3.40. The van der Waals surface area contributed by atoms with Crippen LogP contribution in [0.25, 0.3) is 0 Å². The van der Waals surface area contributed by atoms with E-state index in [0.29, 0.717) is 5.69 Å². The zero-order valence-corrected chi connectivity index (χ0v) is 11.3. The highest BCUT2D eigenvalue weighted by atomic mass is 14.9. The molecule has 0 spiro atoms. The number of nitrogens with one attached hydrogen (secondary N) is 1. The molecule has 0 aromatic carbocycles. The van der Waals surface area contributed by atoms with E-state index in [4.69, 9.17) is 5.26 Å². The third-order valence-corrected chi connectivity index (χ3v) is 3.02. The van der Waals surface area contributed by atoms with Crippen LogP contribution in [0.2, 0.25) is 0 Å². The first-order valence-electron chi connectivity index (χ1n) is 6.93. The molecule has 3 heteroatoms. The van der Waals surface area contributed by atoms with Gasteiger partial charge >= 0.3 is 0 Å². The molecule has 1 N–H and O–H groups in total. The third-order valence-electron chi connectivity index (χ3n) is 3.02. The van der Waals surface area contributed by atoms with Crippen molar-refractivity contribution in [2.45, 2.75) is 52.0 Å². The molecule has 0 bridgehead atoms. The molecule has 0 saturated carbocycles. The first-order chi connectivity index (χ1) is 8.88. The van der Waals surface area contributed by atoms with Gasteiger partial charge in [0.2, 0.25) is 0 Å². The molecule has 0 atom stereocenters. The Kier molecular flexibility index (Phi) is 7.83. The normalized spacial score (nSPS) is 10.2. The molecule has 0 radical (unpaired) electrons. The van der Waals surface area contributed by atoms with E-state index < -0.39 is 0 Å². The maximum absolute atomic E-state index is 8.90. The number of aromatic nitrogens is 1. The molecule has 1 rings (SSSR count). The molecular weight excluding hydrogens is 222 g/mol. The van der Waals surface area contributed by atoms with Crippen molar-refractivity contribution >= 4 is 0 Å². The topological polar surface area (TPSA) is 48.7 Å². The second-order valence-corrected chi connectivity index (χ2v) is 4.57. The van der Waals surface area contributed by atoms with Crippen molar-refractivity contribution in [1.29, 1.82) is 5.26 Å². The third kappa shape index (κ3) is 5.79. The summed E-state index contributed by atoms with van der Waals surface area (Å²) in [5, 5.41) is 12.3. The highest BCUT2D eigenvalue weighted by Crippen LogP contribution is 2.05. The lowest BCUT2D eigenvalue weighted by Crippen LogP contribution is -2.15. The van der Waals surface area contributed by atoms with Gasteiger partial charge in [-0.3, -0.25) is 0 Å². The van der Waals surface area contributed by atoms with Crippen LogP contribution >= 0.6 is 0 Å². The van der Waals surface area contributed by atoms with Crippen LogP contribution in [0.5, 0.6) is 0 Å². The number of rotatable bonds is 9. The largest absolute Gasteiger partial charge is 0.313 e. The van der Waals surface area contributed by atoms with Crippen LogP contribution in [-0.2, 0) is 6.54 Å². The van der Waals surface area contributed by atoms with Crippen molar-refractivity contribution in [2.24, 2.45) is 0 Å². The molecule has 0 saturated heterocycles. The number of nitriles is 1. The standard InChI is InChI=1S/C15H23N3/c1-2-3-4-5-6-7-10-17-13-14-9-8-11-18-15(14)12-16/h8-9,11,17H,2-7,10,13H2,1H3. The zero-order chi connectivity index (χ0) is 13.1. The van der Waals surface area contributed by atoms with Gasteiger partial charge in [-0.25, -0.2) is 4.98 Å². The summed E-state index contributed by atoms with van der Waals surface area (Å²) in [6, 6.07) is 5.96. The van der Waals surface area contributed by atoms with Crippen LogP contribution in [0.4, 0.5) is 0 Å². The van der Waals surface area contributed by atoms with Crippen molar-refractivity contribution in [3.63, 3.8) is 0 Å². The van der Waals surface area contributed by atoms with Gasteiger partial charge in [-0.2, -0.15) is 5.26 Å². The summed E-state index contributed by atoms with van der Waals surface area (Å²) >= 11 is 0. The maximum atomic E-state index is 8.90. The van der Waals surface area contributed by atoms with Crippen LogP contribution in [0.15, 0.2) is 18.3 Å². The van der Waals surface area contributed by atoms with Gasteiger partial charge in [-0.15, -0.1) is 0 Å². The Bertz CT molecular complexity index is 368. The number of pyridine rings is 1. The highest BCUT2D eigenvalue weighted by molar-refractivity contribution is 5.30. The summed E-state index contributed by atoms with van der Waals surface area (Å²) in [5.41, 5.74) is 1.53. The minimum atomic E-state index is 0.535. The van der Waals surface area contributed by atoms with Crippen LogP contribution < -0.4 is 5.32 Å². The minimum absolute atomic E-state index is 0.535. The van der Waals surface area contributed by atoms with Crippen LogP contribution in [0.3, 0.4) is 0 Å². The van der Waals surface area contributed by atoms with E-state index in [1.807, 2.05) is 12.1 Å². The van der Waals surface area contributed by atoms with E-state index in [2.05, 4.69) is 23.3 Å². The van der Waals surface area contributed by atoms with Crippen molar-refractivity contribution in [2.75, 3.05) is 6.54 Å². The van der Waals surface area contributed by atoms with Crippen molar-refractivity contribution in [3.8, 4) is 6.07 Å². The van der Waals surface area contributed by atoms with E-state index in [9.17, 15) is 0 Å². The van der Waals surface area contributed by atoms with Crippen molar-refractivity contribution in [1.82, 2.24) is 10.3 Å². The van der Waals surface area contributed by atoms with Crippen LogP contribution in [0, 0.1) is 11.3 Å². The van der Waals surface area contributed by atoms with E-state index in [1.165, 1.54) is 38.5 Å². The van der Waals surface area contributed by atoms with Gasteiger partial charge in [0.15, 0.2) is 0 Å². The first kappa shape index (κ1) is 14.7. The minimum Gasteiger partial charge on any atom is -0.313 e. The predicted molar refractivity (Wildman–Crippen MR) is 74.0 cm³/mol. The average molecular weight is 245 g/mol. The fourth-order valence-electron chi connectivity index (χ4n) is 1.94. The van der Waals surface area contributed by atoms with Crippen LogP contribution in [0.1, 0.15) is 56.7 Å². The average Bonchev–Trinajstić information content (AvgIpc) is 2.42. The Morgan fingerprint density at radius 2 is 2.00 bits per heavy atom. The van der Waals surface area contributed by atoms with Gasteiger partial charge in [-0.05, 0) is 19.0 Å². The Morgan fingerprint density at radius 1 is 1.22 bits per heavy atom. The Hall–Kier alpha value is -1.40. The lowest BCUT2D eigenvalue weighted by atomic mass is 10.1. The number of hydrogen-bond donors (Lipinski definition) is 1. The van der Waals surface area contributed by atoms with Crippen molar-refractivity contribution in [3.05, 3.63) is 29.6 Å². The fourth-order valence-corrected chi connectivity index (χ4v) is 1.94. The summed E-state index contributed by atoms with van der Waals surface area (Å²) in [7, 11) is 0. The Balaban J connectivity index is 2.09.